The van der Waals surface area contributed by atoms with E-state index in [2.05, 4.69) is 5.32 Å². The molecule has 0 heterocycles. The van der Waals surface area contributed by atoms with E-state index in [9.17, 15) is 4.79 Å². The lowest BCUT2D eigenvalue weighted by atomic mass is 9.92. The van der Waals surface area contributed by atoms with Crippen LogP contribution in [0.4, 0.5) is 0 Å². The average Bonchev–Trinajstić information content (AvgIpc) is 2.30. The number of nitrogens with one attached hydrogen (secondary N) is 1. The first-order valence-electron chi connectivity index (χ1n) is 5.42. The zero-order chi connectivity index (χ0) is 12.0. The maximum atomic E-state index is 11.9. The third-order valence-electron chi connectivity index (χ3n) is 2.51. The highest BCUT2D eigenvalue weighted by atomic mass is 16.2. The van der Waals surface area contributed by atoms with E-state index in [1.54, 1.807) is 6.92 Å². The summed E-state index contributed by atoms with van der Waals surface area (Å²) >= 11 is 0. The molecule has 0 bridgehead atoms. The zero-order valence-corrected chi connectivity index (χ0v) is 9.57. The van der Waals surface area contributed by atoms with Crippen molar-refractivity contribution in [3.8, 4) is 0 Å². The van der Waals surface area contributed by atoms with Crippen LogP contribution in [0.1, 0.15) is 18.9 Å². The van der Waals surface area contributed by atoms with Crippen molar-refractivity contribution in [3.63, 3.8) is 0 Å². The van der Waals surface area contributed by atoms with Crippen LogP contribution in [0.25, 0.3) is 0 Å². The van der Waals surface area contributed by atoms with E-state index in [0.717, 1.165) is 12.0 Å². The molecule has 1 unspecified atom stereocenters. The summed E-state index contributed by atoms with van der Waals surface area (Å²) in [5.41, 5.74) is 11.2. The van der Waals surface area contributed by atoms with Gasteiger partial charge in [0, 0.05) is 6.54 Å². The van der Waals surface area contributed by atoms with E-state index in [1.807, 2.05) is 30.3 Å². The van der Waals surface area contributed by atoms with Crippen LogP contribution < -0.4 is 16.8 Å². The smallest absolute Gasteiger partial charge is 0.244 e. The molecular weight excluding hydrogens is 202 g/mol. The maximum Gasteiger partial charge on any atom is 0.244 e. The molecule has 4 heteroatoms. The van der Waals surface area contributed by atoms with E-state index in [4.69, 9.17) is 11.5 Å². The molecule has 0 aliphatic carbocycles. The molecule has 0 fully saturated rings. The molecule has 0 radical (unpaired) electrons. The van der Waals surface area contributed by atoms with Crippen LogP contribution in [0.2, 0.25) is 0 Å². The normalized spacial score (nSPS) is 14.2. The fraction of sp³-hybridized carbons (Fsp3) is 0.417. The van der Waals surface area contributed by atoms with Gasteiger partial charge in [-0.1, -0.05) is 30.3 Å². The first-order chi connectivity index (χ1) is 7.59. The van der Waals surface area contributed by atoms with Gasteiger partial charge in [0.1, 0.15) is 5.54 Å². The number of benzene rings is 1. The molecule has 0 aliphatic heterocycles. The Morgan fingerprint density at radius 1 is 1.38 bits per heavy atom. The van der Waals surface area contributed by atoms with Gasteiger partial charge in [0.2, 0.25) is 5.91 Å². The molecule has 0 aliphatic rings. The minimum absolute atomic E-state index is 0.174. The molecule has 88 valence electrons. The summed E-state index contributed by atoms with van der Waals surface area (Å²) in [6, 6.07) is 9.33. The number of rotatable bonds is 5. The largest absolute Gasteiger partial charge is 0.354 e. The summed E-state index contributed by atoms with van der Waals surface area (Å²) in [5.74, 6) is -0.174. The highest BCUT2D eigenvalue weighted by Gasteiger charge is 2.29. The fourth-order valence-corrected chi connectivity index (χ4v) is 1.40. The predicted octanol–water partition coefficient (Wildman–Crippen LogP) is 0.326. The summed E-state index contributed by atoms with van der Waals surface area (Å²) in [6.45, 7) is 2.84. The average molecular weight is 221 g/mol. The van der Waals surface area contributed by atoms with Crippen molar-refractivity contribution in [2.24, 2.45) is 11.5 Å². The first kappa shape index (κ1) is 12.7. The van der Waals surface area contributed by atoms with Crippen LogP contribution in [-0.4, -0.2) is 19.0 Å². The molecule has 1 aromatic rings. The molecule has 1 amide bonds. The molecule has 0 spiro atoms. The van der Waals surface area contributed by atoms with E-state index in [0.29, 0.717) is 13.1 Å². The third-order valence-corrected chi connectivity index (χ3v) is 2.51. The van der Waals surface area contributed by atoms with Crippen LogP contribution in [-0.2, 0) is 10.3 Å². The van der Waals surface area contributed by atoms with E-state index >= 15 is 0 Å². The summed E-state index contributed by atoms with van der Waals surface area (Å²) in [5, 5.41) is 2.78. The topological polar surface area (TPSA) is 81.1 Å². The van der Waals surface area contributed by atoms with Crippen LogP contribution >= 0.6 is 0 Å². The quantitative estimate of drug-likeness (QED) is 0.627. The van der Waals surface area contributed by atoms with Gasteiger partial charge in [0.05, 0.1) is 0 Å². The molecule has 1 atom stereocenters. The van der Waals surface area contributed by atoms with Gasteiger partial charge in [-0.15, -0.1) is 0 Å². The molecule has 0 aromatic heterocycles. The molecule has 5 N–H and O–H groups in total. The molecule has 1 aromatic carbocycles. The lowest BCUT2D eigenvalue weighted by Gasteiger charge is -2.24. The summed E-state index contributed by atoms with van der Waals surface area (Å²) in [6.07, 6.45) is 0.761. The Hall–Kier alpha value is -1.39. The minimum Gasteiger partial charge on any atom is -0.354 e. The first-order valence-corrected chi connectivity index (χ1v) is 5.42. The lowest BCUT2D eigenvalue weighted by Crippen LogP contribution is -2.49. The van der Waals surface area contributed by atoms with Crippen LogP contribution in [0, 0.1) is 0 Å². The number of amides is 1. The fourth-order valence-electron chi connectivity index (χ4n) is 1.40. The number of carbonyl (C=O) groups excluding carboxylic acids is 1. The van der Waals surface area contributed by atoms with E-state index < -0.39 is 5.54 Å². The minimum atomic E-state index is -0.990. The van der Waals surface area contributed by atoms with Gasteiger partial charge in [0.15, 0.2) is 0 Å². The van der Waals surface area contributed by atoms with Crippen LogP contribution in [0.15, 0.2) is 30.3 Å². The second-order valence-corrected chi connectivity index (χ2v) is 3.97. The summed E-state index contributed by atoms with van der Waals surface area (Å²) < 4.78 is 0. The van der Waals surface area contributed by atoms with Gasteiger partial charge in [-0.2, -0.15) is 0 Å². The molecular formula is C12H19N3O. The van der Waals surface area contributed by atoms with Crippen molar-refractivity contribution in [3.05, 3.63) is 35.9 Å². The molecule has 0 saturated carbocycles. The molecule has 0 saturated heterocycles. The van der Waals surface area contributed by atoms with Gasteiger partial charge in [-0.05, 0) is 25.5 Å². The van der Waals surface area contributed by atoms with Gasteiger partial charge < -0.3 is 16.8 Å². The predicted molar refractivity (Wildman–Crippen MR) is 64.7 cm³/mol. The van der Waals surface area contributed by atoms with Crippen LogP contribution in [0.5, 0.6) is 0 Å². The van der Waals surface area contributed by atoms with Crippen molar-refractivity contribution in [2.75, 3.05) is 13.1 Å². The number of hydrogen-bond donors (Lipinski definition) is 3. The third kappa shape index (κ3) is 3.05. The second-order valence-electron chi connectivity index (χ2n) is 3.97. The highest BCUT2D eigenvalue weighted by molar-refractivity contribution is 5.86. The Morgan fingerprint density at radius 3 is 2.56 bits per heavy atom. The number of nitrogens with two attached hydrogens (primary N) is 2. The van der Waals surface area contributed by atoms with Gasteiger partial charge in [0.25, 0.3) is 0 Å². The summed E-state index contributed by atoms with van der Waals surface area (Å²) in [4.78, 5) is 11.9. The molecule has 16 heavy (non-hydrogen) atoms. The molecule has 1 rings (SSSR count). The van der Waals surface area contributed by atoms with Crippen molar-refractivity contribution >= 4 is 5.91 Å². The van der Waals surface area contributed by atoms with Gasteiger partial charge in [-0.3, -0.25) is 4.79 Å². The SMILES string of the molecule is CC(N)(C(=O)NCCCN)c1ccccc1. The Bertz CT molecular complexity index is 335. The Labute approximate surface area is 96.0 Å². The van der Waals surface area contributed by atoms with Crippen molar-refractivity contribution in [1.29, 1.82) is 0 Å². The zero-order valence-electron chi connectivity index (χ0n) is 9.57. The van der Waals surface area contributed by atoms with E-state index in [-0.39, 0.29) is 5.91 Å². The van der Waals surface area contributed by atoms with Crippen molar-refractivity contribution < 1.29 is 4.79 Å². The Kier molecular flexibility index (Phi) is 4.46. The maximum absolute atomic E-state index is 11.9. The van der Waals surface area contributed by atoms with Crippen molar-refractivity contribution in [1.82, 2.24) is 5.32 Å². The number of carbonyl (C=O) groups is 1. The summed E-state index contributed by atoms with van der Waals surface area (Å²) in [7, 11) is 0. The Balaban J connectivity index is 2.66. The van der Waals surface area contributed by atoms with Crippen LogP contribution in [0.3, 0.4) is 0 Å². The Morgan fingerprint density at radius 2 is 2.00 bits per heavy atom. The van der Waals surface area contributed by atoms with Crippen molar-refractivity contribution in [2.45, 2.75) is 18.9 Å². The second kappa shape index (κ2) is 5.63. The monoisotopic (exact) mass is 221 g/mol. The van der Waals surface area contributed by atoms with E-state index in [1.165, 1.54) is 0 Å². The number of hydrogen-bond acceptors (Lipinski definition) is 3. The lowest BCUT2D eigenvalue weighted by molar-refractivity contribution is -0.126. The van der Waals surface area contributed by atoms with Gasteiger partial charge >= 0.3 is 0 Å². The highest BCUT2D eigenvalue weighted by Crippen LogP contribution is 2.17. The molecule has 4 nitrogen and oxygen atoms in total. The van der Waals surface area contributed by atoms with Gasteiger partial charge in [-0.25, -0.2) is 0 Å². The standard InChI is InChI=1S/C12H19N3O/c1-12(14,10-6-3-2-4-7-10)11(16)15-9-5-8-13/h2-4,6-7H,5,8-9,13-14H2,1H3,(H,15,16).